The molecule has 2 aliphatic heterocycles. The highest BCUT2D eigenvalue weighted by Crippen LogP contribution is 2.37. The molecule has 1 aromatic heterocycles. The van der Waals surface area contributed by atoms with E-state index in [0.29, 0.717) is 31.9 Å². The number of fused-ring (bicyclic) bond motifs is 1. The molecule has 0 saturated carbocycles. The van der Waals surface area contributed by atoms with Crippen LogP contribution in [0.1, 0.15) is 37.9 Å². The average molecular weight is 613 g/mol. The standard InChI is InChI=1S/C29H30BrN3O5S/c1-17(2)38-28(35)25-18(3)31-29-33(26(25)22-16-20(30)7-10-23(22)36-4)27(34)24(39-29)15-19-5-8-21(9-6-19)32-11-13-37-14-12-32/h5-10,15-17,26H,11-14H2,1-4H3/b24-15-/t26-/m1/s1. The van der Waals surface area contributed by atoms with Gasteiger partial charge in [-0.05, 0) is 62.7 Å². The van der Waals surface area contributed by atoms with E-state index in [4.69, 9.17) is 14.2 Å². The Kier molecular flexibility index (Phi) is 8.06. The number of methoxy groups -OCH3 is 1. The third kappa shape index (κ3) is 5.59. The van der Waals surface area contributed by atoms with E-state index in [1.165, 1.54) is 11.3 Å². The van der Waals surface area contributed by atoms with Crippen molar-refractivity contribution in [2.24, 2.45) is 4.99 Å². The number of carbonyl (C=O) groups excluding carboxylic acids is 1. The highest BCUT2D eigenvalue weighted by Gasteiger charge is 2.35. The Bertz CT molecular complexity index is 1600. The fourth-order valence-corrected chi connectivity index (χ4v) is 6.25. The Morgan fingerprint density at radius 2 is 1.90 bits per heavy atom. The van der Waals surface area contributed by atoms with Gasteiger partial charge in [0.05, 0.1) is 42.2 Å². The van der Waals surface area contributed by atoms with Crippen molar-refractivity contribution in [2.45, 2.75) is 32.9 Å². The molecule has 8 nitrogen and oxygen atoms in total. The number of thiazole rings is 1. The van der Waals surface area contributed by atoms with E-state index >= 15 is 0 Å². The topological polar surface area (TPSA) is 82.4 Å². The van der Waals surface area contributed by atoms with Crippen LogP contribution in [-0.2, 0) is 14.3 Å². The van der Waals surface area contributed by atoms with E-state index in [-0.39, 0.29) is 11.7 Å². The summed E-state index contributed by atoms with van der Waals surface area (Å²) in [5.74, 6) is 0.0484. The molecule has 3 heterocycles. The van der Waals surface area contributed by atoms with Crippen LogP contribution in [0.15, 0.2) is 68.0 Å². The molecule has 0 unspecified atom stereocenters. The monoisotopic (exact) mass is 611 g/mol. The zero-order valence-electron chi connectivity index (χ0n) is 22.3. The van der Waals surface area contributed by atoms with Gasteiger partial charge in [-0.15, -0.1) is 0 Å². The lowest BCUT2D eigenvalue weighted by Crippen LogP contribution is -2.40. The molecule has 0 radical (unpaired) electrons. The molecule has 0 bridgehead atoms. The number of esters is 1. The number of ether oxygens (including phenoxy) is 3. The molecular weight excluding hydrogens is 582 g/mol. The highest BCUT2D eigenvalue weighted by atomic mass is 79.9. The van der Waals surface area contributed by atoms with E-state index in [1.54, 1.807) is 32.4 Å². The van der Waals surface area contributed by atoms with Crippen molar-refractivity contribution in [1.82, 2.24) is 4.57 Å². The van der Waals surface area contributed by atoms with E-state index in [9.17, 15) is 9.59 Å². The Balaban J connectivity index is 1.63. The number of nitrogens with zero attached hydrogens (tertiary/aromatic N) is 3. The number of halogens is 1. The molecule has 10 heteroatoms. The number of carbonyl (C=O) groups is 1. The second-order valence-electron chi connectivity index (χ2n) is 9.61. The first-order valence-corrected chi connectivity index (χ1v) is 14.4. The second kappa shape index (κ2) is 11.5. The molecule has 0 aliphatic carbocycles. The maximum Gasteiger partial charge on any atom is 0.338 e. The van der Waals surface area contributed by atoms with Gasteiger partial charge in [0, 0.05) is 28.8 Å². The van der Waals surface area contributed by atoms with Gasteiger partial charge < -0.3 is 19.1 Å². The van der Waals surface area contributed by atoms with Gasteiger partial charge in [-0.3, -0.25) is 9.36 Å². The van der Waals surface area contributed by atoms with Crippen LogP contribution in [0.5, 0.6) is 5.75 Å². The molecule has 2 aromatic carbocycles. The number of allylic oxidation sites excluding steroid dienone is 1. The smallest absolute Gasteiger partial charge is 0.338 e. The van der Waals surface area contributed by atoms with Crippen molar-refractivity contribution in [3.05, 3.63) is 89.0 Å². The van der Waals surface area contributed by atoms with E-state index in [2.05, 4.69) is 38.0 Å². The molecule has 204 valence electrons. The summed E-state index contributed by atoms with van der Waals surface area (Å²) < 4.78 is 19.6. The lowest BCUT2D eigenvalue weighted by Gasteiger charge is -2.28. The Morgan fingerprint density at radius 1 is 1.18 bits per heavy atom. The minimum absolute atomic E-state index is 0.231. The van der Waals surface area contributed by atoms with Crippen LogP contribution in [0.2, 0.25) is 0 Å². The van der Waals surface area contributed by atoms with Crippen molar-refractivity contribution in [3.8, 4) is 5.75 Å². The average Bonchev–Trinajstić information content (AvgIpc) is 3.22. The fraction of sp³-hybridized carbons (Fsp3) is 0.345. The quantitative estimate of drug-likeness (QED) is 0.394. The van der Waals surface area contributed by atoms with Crippen molar-refractivity contribution >= 4 is 45.0 Å². The first kappa shape index (κ1) is 27.4. The summed E-state index contributed by atoms with van der Waals surface area (Å²) in [6.45, 7) is 8.52. The highest BCUT2D eigenvalue weighted by molar-refractivity contribution is 9.10. The summed E-state index contributed by atoms with van der Waals surface area (Å²) in [7, 11) is 1.57. The van der Waals surface area contributed by atoms with E-state index in [1.807, 2.05) is 36.4 Å². The first-order valence-electron chi connectivity index (χ1n) is 12.8. The SMILES string of the molecule is COc1ccc(Br)cc1[C@@H]1C(C(=O)OC(C)C)=C(C)N=c2s/c(=C\c3ccc(N4CCOCC4)cc3)c(=O)n21. The molecule has 2 aliphatic rings. The maximum atomic E-state index is 13.9. The molecule has 1 fully saturated rings. The molecule has 5 rings (SSSR count). The number of morpholine rings is 1. The van der Waals surface area contributed by atoms with Crippen LogP contribution in [0, 0.1) is 0 Å². The summed E-state index contributed by atoms with van der Waals surface area (Å²) in [6, 6.07) is 12.9. The minimum Gasteiger partial charge on any atom is -0.496 e. The zero-order chi connectivity index (χ0) is 27.7. The molecular formula is C29H30BrN3O5S. The van der Waals surface area contributed by atoms with Gasteiger partial charge in [-0.1, -0.05) is 39.4 Å². The van der Waals surface area contributed by atoms with Crippen LogP contribution >= 0.6 is 27.3 Å². The first-order chi connectivity index (χ1) is 18.8. The van der Waals surface area contributed by atoms with E-state index in [0.717, 1.165) is 42.0 Å². The fourth-order valence-electron chi connectivity index (χ4n) is 4.83. The molecule has 39 heavy (non-hydrogen) atoms. The number of hydrogen-bond donors (Lipinski definition) is 0. The molecule has 3 aromatic rings. The molecule has 0 amide bonds. The maximum absolute atomic E-state index is 13.9. The second-order valence-corrected chi connectivity index (χ2v) is 11.5. The summed E-state index contributed by atoms with van der Waals surface area (Å²) in [5, 5.41) is 0. The lowest BCUT2D eigenvalue weighted by molar-refractivity contribution is -0.143. The number of hydrogen-bond acceptors (Lipinski definition) is 8. The van der Waals surface area contributed by atoms with Gasteiger partial charge in [0.25, 0.3) is 5.56 Å². The van der Waals surface area contributed by atoms with Gasteiger partial charge in [0.15, 0.2) is 4.80 Å². The van der Waals surface area contributed by atoms with Gasteiger partial charge >= 0.3 is 5.97 Å². The molecule has 0 spiro atoms. The largest absolute Gasteiger partial charge is 0.496 e. The van der Waals surface area contributed by atoms with Gasteiger partial charge in [-0.2, -0.15) is 0 Å². The van der Waals surface area contributed by atoms with Gasteiger partial charge in [0.1, 0.15) is 11.8 Å². The van der Waals surface area contributed by atoms with Crippen molar-refractivity contribution < 1.29 is 19.0 Å². The predicted octanol–water partition coefficient (Wildman–Crippen LogP) is 3.79. The molecule has 1 atom stereocenters. The van der Waals surface area contributed by atoms with Crippen molar-refractivity contribution in [2.75, 3.05) is 38.3 Å². The minimum atomic E-state index is -0.759. The van der Waals surface area contributed by atoms with Crippen molar-refractivity contribution in [1.29, 1.82) is 0 Å². The third-order valence-corrected chi connectivity index (χ3v) is 8.11. The van der Waals surface area contributed by atoms with Crippen LogP contribution in [0.3, 0.4) is 0 Å². The summed E-state index contributed by atoms with van der Waals surface area (Å²) in [5.41, 5.74) is 3.29. The zero-order valence-corrected chi connectivity index (χ0v) is 24.7. The number of aromatic nitrogens is 1. The van der Waals surface area contributed by atoms with Crippen LogP contribution < -0.4 is 24.5 Å². The Morgan fingerprint density at radius 3 is 2.56 bits per heavy atom. The number of anilines is 1. The van der Waals surface area contributed by atoms with Crippen molar-refractivity contribution in [3.63, 3.8) is 0 Å². The van der Waals surface area contributed by atoms with Crippen LogP contribution in [0.25, 0.3) is 6.08 Å². The predicted molar refractivity (Wildman–Crippen MR) is 155 cm³/mol. The summed E-state index contributed by atoms with van der Waals surface area (Å²) in [4.78, 5) is 34.8. The van der Waals surface area contributed by atoms with Crippen LogP contribution in [-0.4, -0.2) is 50.1 Å². The van der Waals surface area contributed by atoms with Crippen LogP contribution in [0.4, 0.5) is 5.69 Å². The molecule has 0 N–H and O–H groups in total. The summed E-state index contributed by atoms with van der Waals surface area (Å²) >= 11 is 4.83. The Hall–Kier alpha value is -3.21. The lowest BCUT2D eigenvalue weighted by atomic mass is 9.95. The molecule has 1 saturated heterocycles. The Labute approximate surface area is 239 Å². The van der Waals surface area contributed by atoms with Gasteiger partial charge in [-0.25, -0.2) is 9.79 Å². The number of rotatable bonds is 6. The normalized spacial score (nSPS) is 17.7. The number of benzene rings is 2. The summed E-state index contributed by atoms with van der Waals surface area (Å²) in [6.07, 6.45) is 1.54. The third-order valence-electron chi connectivity index (χ3n) is 6.64. The van der Waals surface area contributed by atoms with Gasteiger partial charge in [0.2, 0.25) is 0 Å². The van der Waals surface area contributed by atoms with E-state index < -0.39 is 12.0 Å².